The molecule has 30 heavy (non-hydrogen) atoms. The molecule has 2 atom stereocenters. The van der Waals surface area contributed by atoms with Gasteiger partial charge in [0.25, 0.3) is 0 Å². The first-order valence-corrected chi connectivity index (χ1v) is 11.2. The van der Waals surface area contributed by atoms with Crippen molar-refractivity contribution in [2.45, 2.75) is 65.1 Å². The van der Waals surface area contributed by atoms with Crippen LogP contribution >= 0.6 is 23.2 Å². The molecule has 6 heteroatoms. The Hall–Kier alpha value is -2.04. The van der Waals surface area contributed by atoms with E-state index in [-0.39, 0.29) is 24.3 Å². The van der Waals surface area contributed by atoms with E-state index in [4.69, 9.17) is 23.2 Å². The minimum atomic E-state index is -0.534. The zero-order valence-corrected chi connectivity index (χ0v) is 19.3. The Kier molecular flexibility index (Phi) is 9.67. The quantitative estimate of drug-likeness (QED) is 0.510. The highest BCUT2D eigenvalue weighted by Gasteiger charge is 2.29. The first-order valence-electron chi connectivity index (χ1n) is 10.4. The average molecular weight is 449 g/mol. The molecule has 162 valence electrons. The zero-order chi connectivity index (χ0) is 22.1. The molecule has 4 nitrogen and oxygen atoms in total. The molecule has 0 heterocycles. The molecule has 2 rings (SSSR count). The van der Waals surface area contributed by atoms with Gasteiger partial charge in [0, 0.05) is 29.1 Å². The van der Waals surface area contributed by atoms with Gasteiger partial charge in [0.05, 0.1) is 0 Å². The number of benzene rings is 2. The third-order valence-corrected chi connectivity index (χ3v) is 5.84. The van der Waals surface area contributed by atoms with E-state index < -0.39 is 6.04 Å². The van der Waals surface area contributed by atoms with Crippen LogP contribution in [-0.2, 0) is 22.6 Å². The van der Waals surface area contributed by atoms with Gasteiger partial charge in [0.2, 0.25) is 11.8 Å². The van der Waals surface area contributed by atoms with E-state index in [2.05, 4.69) is 5.32 Å². The number of nitrogens with one attached hydrogen (secondary N) is 1. The first kappa shape index (κ1) is 24.2. The Morgan fingerprint density at radius 1 is 1.00 bits per heavy atom. The second-order valence-corrected chi connectivity index (χ2v) is 8.33. The smallest absolute Gasteiger partial charge is 0.243 e. The molecule has 2 aromatic rings. The topological polar surface area (TPSA) is 49.4 Å². The summed E-state index contributed by atoms with van der Waals surface area (Å²) in [6.45, 7) is 6.27. The Morgan fingerprint density at radius 2 is 1.67 bits per heavy atom. The van der Waals surface area contributed by atoms with Gasteiger partial charge in [-0.25, -0.2) is 0 Å². The summed E-state index contributed by atoms with van der Waals surface area (Å²) in [6, 6.07) is 14.4. The largest absolute Gasteiger partial charge is 0.352 e. The van der Waals surface area contributed by atoms with Crippen molar-refractivity contribution in [3.8, 4) is 0 Å². The highest BCUT2D eigenvalue weighted by Crippen LogP contribution is 2.20. The molecule has 0 saturated heterocycles. The molecule has 0 unspecified atom stereocenters. The van der Waals surface area contributed by atoms with Crippen molar-refractivity contribution in [3.63, 3.8) is 0 Å². The molecular formula is C24H30Cl2N2O2. The van der Waals surface area contributed by atoms with E-state index in [1.807, 2.05) is 57.2 Å². The van der Waals surface area contributed by atoms with Crippen LogP contribution in [0.1, 0.15) is 51.2 Å². The van der Waals surface area contributed by atoms with Gasteiger partial charge >= 0.3 is 0 Å². The summed E-state index contributed by atoms with van der Waals surface area (Å²) in [6.07, 6.45) is 2.18. The predicted octanol–water partition coefficient (Wildman–Crippen LogP) is 5.65. The van der Waals surface area contributed by atoms with Crippen LogP contribution < -0.4 is 5.32 Å². The summed E-state index contributed by atoms with van der Waals surface area (Å²) in [5, 5.41) is 4.30. The molecule has 0 bridgehead atoms. The summed E-state index contributed by atoms with van der Waals surface area (Å²) in [5.74, 6) is -0.192. The predicted molar refractivity (Wildman–Crippen MR) is 124 cm³/mol. The number of carbonyl (C=O) groups excluding carboxylic acids is 2. The Labute approximate surface area is 189 Å². The lowest BCUT2D eigenvalue weighted by Crippen LogP contribution is -2.50. The van der Waals surface area contributed by atoms with Crippen molar-refractivity contribution < 1.29 is 9.59 Å². The molecule has 0 spiro atoms. The number of amides is 2. The molecule has 0 fully saturated rings. The van der Waals surface area contributed by atoms with Gasteiger partial charge in [-0.05, 0) is 55.5 Å². The highest BCUT2D eigenvalue weighted by molar-refractivity contribution is 6.31. The summed E-state index contributed by atoms with van der Waals surface area (Å²) in [4.78, 5) is 27.8. The highest BCUT2D eigenvalue weighted by atomic mass is 35.5. The number of rotatable bonds is 10. The summed E-state index contributed by atoms with van der Waals surface area (Å²) in [7, 11) is 0. The average Bonchev–Trinajstić information content (AvgIpc) is 2.74. The van der Waals surface area contributed by atoms with E-state index in [1.54, 1.807) is 17.0 Å². The molecule has 0 radical (unpaired) electrons. The summed E-state index contributed by atoms with van der Waals surface area (Å²) >= 11 is 12.2. The van der Waals surface area contributed by atoms with Crippen molar-refractivity contribution in [2.24, 2.45) is 0 Å². The third kappa shape index (κ3) is 7.03. The summed E-state index contributed by atoms with van der Waals surface area (Å²) < 4.78 is 0. The molecule has 2 amide bonds. The molecule has 2 aromatic carbocycles. The van der Waals surface area contributed by atoms with Gasteiger partial charge in [-0.1, -0.05) is 67.4 Å². The molecule has 0 saturated carbocycles. The number of halogens is 2. The van der Waals surface area contributed by atoms with Crippen LogP contribution in [0.4, 0.5) is 0 Å². The lowest BCUT2D eigenvalue weighted by Gasteiger charge is -2.31. The number of hydrogen-bond donors (Lipinski definition) is 1. The number of aryl methyl sites for hydroxylation is 1. The number of hydrogen-bond acceptors (Lipinski definition) is 2. The van der Waals surface area contributed by atoms with Gasteiger partial charge in [-0.2, -0.15) is 0 Å². The van der Waals surface area contributed by atoms with Crippen molar-refractivity contribution in [1.82, 2.24) is 10.2 Å². The molecular weight excluding hydrogens is 419 g/mol. The van der Waals surface area contributed by atoms with Crippen molar-refractivity contribution in [1.29, 1.82) is 0 Å². The maximum absolute atomic E-state index is 13.2. The van der Waals surface area contributed by atoms with Gasteiger partial charge in [-0.15, -0.1) is 0 Å². The molecule has 1 N–H and O–H groups in total. The van der Waals surface area contributed by atoms with Gasteiger partial charge in [0.15, 0.2) is 0 Å². The fraction of sp³-hybridized carbons (Fsp3) is 0.417. The normalized spacial score (nSPS) is 12.8. The maximum atomic E-state index is 13.2. The standard InChI is InChI=1S/C24H30Cl2N2O2/c1-4-17(3)27-24(30)22(5-2)28(16-18-10-13-20(25)14-11-18)23(29)15-12-19-8-6-7-9-21(19)26/h6-11,13-14,17,22H,4-5,12,15-16H2,1-3H3,(H,27,30)/t17-,22-/m0/s1. The monoisotopic (exact) mass is 448 g/mol. The van der Waals surface area contributed by atoms with Crippen LogP contribution in [0.25, 0.3) is 0 Å². The van der Waals surface area contributed by atoms with Crippen LogP contribution in [-0.4, -0.2) is 28.8 Å². The second kappa shape index (κ2) is 12.0. The minimum absolute atomic E-state index is 0.0576. The van der Waals surface area contributed by atoms with E-state index >= 15 is 0 Å². The number of carbonyl (C=O) groups is 2. The summed E-state index contributed by atoms with van der Waals surface area (Å²) in [5.41, 5.74) is 1.86. The fourth-order valence-electron chi connectivity index (χ4n) is 3.23. The van der Waals surface area contributed by atoms with E-state index in [0.29, 0.717) is 29.4 Å². The van der Waals surface area contributed by atoms with Crippen LogP contribution in [0.3, 0.4) is 0 Å². The first-order chi connectivity index (χ1) is 14.3. The van der Waals surface area contributed by atoms with Crippen LogP contribution in [0, 0.1) is 0 Å². The van der Waals surface area contributed by atoms with Gasteiger partial charge < -0.3 is 10.2 Å². The van der Waals surface area contributed by atoms with E-state index in [1.165, 1.54) is 0 Å². The fourth-order valence-corrected chi connectivity index (χ4v) is 3.59. The van der Waals surface area contributed by atoms with Crippen molar-refractivity contribution in [2.75, 3.05) is 0 Å². The van der Waals surface area contributed by atoms with Gasteiger partial charge in [-0.3, -0.25) is 9.59 Å². The lowest BCUT2D eigenvalue weighted by molar-refractivity contribution is -0.141. The van der Waals surface area contributed by atoms with Crippen LogP contribution in [0.15, 0.2) is 48.5 Å². The van der Waals surface area contributed by atoms with Crippen molar-refractivity contribution in [3.05, 3.63) is 69.7 Å². The molecule has 0 aliphatic heterocycles. The third-order valence-electron chi connectivity index (χ3n) is 5.22. The molecule has 0 aromatic heterocycles. The number of nitrogens with zero attached hydrogens (tertiary/aromatic N) is 1. The van der Waals surface area contributed by atoms with Gasteiger partial charge in [0.1, 0.15) is 6.04 Å². The van der Waals surface area contributed by atoms with Crippen LogP contribution in [0.5, 0.6) is 0 Å². The Balaban J connectivity index is 2.21. The zero-order valence-electron chi connectivity index (χ0n) is 17.8. The minimum Gasteiger partial charge on any atom is -0.352 e. The Morgan fingerprint density at radius 3 is 2.27 bits per heavy atom. The second-order valence-electron chi connectivity index (χ2n) is 7.48. The van der Waals surface area contributed by atoms with E-state index in [0.717, 1.165) is 17.5 Å². The maximum Gasteiger partial charge on any atom is 0.243 e. The van der Waals surface area contributed by atoms with E-state index in [9.17, 15) is 9.59 Å². The van der Waals surface area contributed by atoms with Crippen LogP contribution in [0.2, 0.25) is 10.0 Å². The lowest BCUT2D eigenvalue weighted by atomic mass is 10.1. The molecule has 0 aliphatic rings. The Bertz CT molecular complexity index is 839. The van der Waals surface area contributed by atoms with Crippen molar-refractivity contribution >= 4 is 35.0 Å². The SMILES string of the molecule is CC[C@H](C)NC(=O)[C@H](CC)N(Cc1ccc(Cl)cc1)C(=O)CCc1ccccc1Cl. The molecule has 0 aliphatic carbocycles.